The van der Waals surface area contributed by atoms with Gasteiger partial charge >= 0.3 is 6.18 Å². The maximum Gasteiger partial charge on any atom is 0.419 e. The van der Waals surface area contributed by atoms with E-state index in [9.17, 15) is 13.2 Å². The molecule has 188 valence electrons. The van der Waals surface area contributed by atoms with E-state index in [2.05, 4.69) is 15.3 Å². The Hall–Kier alpha value is -3.75. The van der Waals surface area contributed by atoms with Gasteiger partial charge in [-0.05, 0) is 30.7 Å². The van der Waals surface area contributed by atoms with Crippen molar-refractivity contribution in [2.24, 2.45) is 0 Å². The number of aromatic nitrogens is 4. The molecule has 6 nitrogen and oxygen atoms in total. The van der Waals surface area contributed by atoms with Crippen LogP contribution >= 0.6 is 0 Å². The Morgan fingerprint density at radius 2 is 1.81 bits per heavy atom. The normalized spacial score (nSPS) is 11.8. The molecule has 0 amide bonds. The molecule has 0 aliphatic rings. The number of para-hydroxylation sites is 1. The number of likely N-dealkylation sites (N-methyl/N-ethyl adjacent to an activating group) is 1. The zero-order chi connectivity index (χ0) is 25.9. The lowest BCUT2D eigenvalue weighted by atomic mass is 10.1. The minimum atomic E-state index is -4.48. The van der Waals surface area contributed by atoms with Gasteiger partial charge in [0.15, 0.2) is 0 Å². The van der Waals surface area contributed by atoms with Crippen molar-refractivity contribution < 1.29 is 13.2 Å². The lowest BCUT2D eigenvalue weighted by Gasteiger charge is -2.23. The van der Waals surface area contributed by atoms with Crippen molar-refractivity contribution in [2.45, 2.75) is 45.7 Å². The standard InChI is InChI=1S/C27H29F3N6/c1-5-20-23(12-14-36(4)26-21(27(28,29)30)10-8-13-31-26)34-24(17(2)3)35-25(20)33-19-15-18-9-6-7-11-22(18)32-16-19/h6-11,13,15-17H,5,12,14H2,1-4H3,(H,33,34,35). The largest absolute Gasteiger partial charge is 0.419 e. The van der Waals surface area contributed by atoms with Crippen LogP contribution < -0.4 is 10.2 Å². The molecule has 9 heteroatoms. The maximum absolute atomic E-state index is 13.5. The van der Waals surface area contributed by atoms with E-state index in [4.69, 9.17) is 9.97 Å². The van der Waals surface area contributed by atoms with Crippen molar-refractivity contribution in [3.8, 4) is 0 Å². The highest BCUT2D eigenvalue weighted by molar-refractivity contribution is 5.82. The first-order chi connectivity index (χ1) is 17.2. The minimum absolute atomic E-state index is 0.0790. The number of fused-ring (bicyclic) bond motifs is 1. The first-order valence-electron chi connectivity index (χ1n) is 11.9. The Kier molecular flexibility index (Phi) is 7.37. The summed E-state index contributed by atoms with van der Waals surface area (Å²) in [6.45, 7) is 6.37. The van der Waals surface area contributed by atoms with E-state index in [-0.39, 0.29) is 11.7 Å². The molecule has 36 heavy (non-hydrogen) atoms. The van der Waals surface area contributed by atoms with E-state index in [0.717, 1.165) is 33.9 Å². The van der Waals surface area contributed by atoms with E-state index in [1.807, 2.05) is 51.1 Å². The minimum Gasteiger partial charge on any atom is -0.359 e. The molecule has 0 unspecified atom stereocenters. The number of nitrogens with one attached hydrogen (secondary N) is 1. The van der Waals surface area contributed by atoms with Crippen molar-refractivity contribution in [1.29, 1.82) is 0 Å². The van der Waals surface area contributed by atoms with E-state index in [1.165, 1.54) is 17.2 Å². The smallest absolute Gasteiger partial charge is 0.359 e. The van der Waals surface area contributed by atoms with Crippen LogP contribution in [0, 0.1) is 0 Å². The van der Waals surface area contributed by atoms with Crippen LogP contribution in [0.1, 0.15) is 49.3 Å². The van der Waals surface area contributed by atoms with E-state index < -0.39 is 11.7 Å². The molecule has 0 aliphatic heterocycles. The number of hydrogen-bond donors (Lipinski definition) is 1. The number of halogens is 3. The van der Waals surface area contributed by atoms with Gasteiger partial charge in [-0.1, -0.05) is 39.0 Å². The molecule has 3 aromatic heterocycles. The fourth-order valence-electron chi connectivity index (χ4n) is 4.07. The molecule has 0 bridgehead atoms. The quantitative estimate of drug-likeness (QED) is 0.300. The van der Waals surface area contributed by atoms with Crippen LogP contribution in [-0.4, -0.2) is 33.5 Å². The highest BCUT2D eigenvalue weighted by atomic mass is 19.4. The summed E-state index contributed by atoms with van der Waals surface area (Å²) in [6.07, 6.45) is -0.221. The predicted molar refractivity (Wildman–Crippen MR) is 137 cm³/mol. The Labute approximate surface area is 208 Å². The highest BCUT2D eigenvalue weighted by Gasteiger charge is 2.35. The molecule has 4 aromatic rings. The SMILES string of the molecule is CCc1c(CCN(C)c2ncccc2C(F)(F)F)nc(C(C)C)nc1Nc1cnc2ccccc2c1. The molecule has 0 atom stereocenters. The molecule has 0 fully saturated rings. The molecule has 3 heterocycles. The summed E-state index contributed by atoms with van der Waals surface area (Å²) < 4.78 is 40.5. The Morgan fingerprint density at radius 3 is 2.53 bits per heavy atom. The number of nitrogens with zero attached hydrogens (tertiary/aromatic N) is 5. The van der Waals surface area contributed by atoms with Crippen LogP contribution in [0.4, 0.5) is 30.5 Å². The lowest BCUT2D eigenvalue weighted by molar-refractivity contribution is -0.137. The van der Waals surface area contributed by atoms with Gasteiger partial charge in [0.05, 0.1) is 28.7 Å². The first-order valence-corrected chi connectivity index (χ1v) is 11.9. The summed E-state index contributed by atoms with van der Waals surface area (Å²) in [6, 6.07) is 12.2. The second kappa shape index (κ2) is 10.5. The summed E-state index contributed by atoms with van der Waals surface area (Å²) in [5.74, 6) is 1.35. The molecule has 1 aromatic carbocycles. The van der Waals surface area contributed by atoms with Gasteiger partial charge in [-0.2, -0.15) is 13.2 Å². The molecule has 0 saturated carbocycles. The van der Waals surface area contributed by atoms with Crippen LogP contribution in [-0.2, 0) is 19.0 Å². The molecule has 0 saturated heterocycles. The highest BCUT2D eigenvalue weighted by Crippen LogP contribution is 2.35. The van der Waals surface area contributed by atoms with Crippen molar-refractivity contribution >= 4 is 28.2 Å². The third kappa shape index (κ3) is 5.56. The zero-order valence-corrected chi connectivity index (χ0v) is 20.8. The van der Waals surface area contributed by atoms with E-state index in [1.54, 1.807) is 13.2 Å². The Bertz CT molecular complexity index is 1350. The van der Waals surface area contributed by atoms with Gasteiger partial charge in [0.2, 0.25) is 0 Å². The number of anilines is 3. The third-order valence-electron chi connectivity index (χ3n) is 5.97. The van der Waals surface area contributed by atoms with Crippen LogP contribution in [0.2, 0.25) is 0 Å². The van der Waals surface area contributed by atoms with Crippen molar-refractivity contribution in [3.63, 3.8) is 0 Å². The van der Waals surface area contributed by atoms with Crippen LogP contribution in [0.25, 0.3) is 10.9 Å². The first kappa shape index (κ1) is 25.3. The maximum atomic E-state index is 13.5. The molecular weight excluding hydrogens is 465 g/mol. The lowest BCUT2D eigenvalue weighted by Crippen LogP contribution is -2.26. The molecule has 1 N–H and O–H groups in total. The summed E-state index contributed by atoms with van der Waals surface area (Å²) >= 11 is 0. The topological polar surface area (TPSA) is 66.8 Å². The molecular formula is C27H29F3N6. The third-order valence-corrected chi connectivity index (χ3v) is 5.97. The zero-order valence-electron chi connectivity index (χ0n) is 20.8. The molecule has 0 aliphatic carbocycles. The number of rotatable bonds is 8. The van der Waals surface area contributed by atoms with Crippen LogP contribution in [0.15, 0.2) is 54.9 Å². The summed E-state index contributed by atoms with van der Waals surface area (Å²) in [4.78, 5) is 19.6. The monoisotopic (exact) mass is 494 g/mol. The molecule has 0 radical (unpaired) electrons. The number of hydrogen-bond acceptors (Lipinski definition) is 6. The van der Waals surface area contributed by atoms with E-state index >= 15 is 0 Å². The van der Waals surface area contributed by atoms with Crippen molar-refractivity contribution in [1.82, 2.24) is 19.9 Å². The van der Waals surface area contributed by atoms with Crippen LogP contribution in [0.5, 0.6) is 0 Å². The van der Waals surface area contributed by atoms with Crippen molar-refractivity contribution in [2.75, 3.05) is 23.8 Å². The average Bonchev–Trinajstić information content (AvgIpc) is 2.86. The molecule has 4 rings (SSSR count). The number of pyridine rings is 2. The number of alkyl halides is 3. The summed E-state index contributed by atoms with van der Waals surface area (Å²) in [7, 11) is 1.62. The fraction of sp³-hybridized carbons (Fsp3) is 0.333. The Balaban J connectivity index is 1.64. The Morgan fingerprint density at radius 1 is 1.03 bits per heavy atom. The second-order valence-electron chi connectivity index (χ2n) is 8.95. The fourth-order valence-corrected chi connectivity index (χ4v) is 4.07. The summed E-state index contributed by atoms with van der Waals surface area (Å²) in [5, 5.41) is 4.42. The number of benzene rings is 1. The van der Waals surface area contributed by atoms with Crippen LogP contribution in [0.3, 0.4) is 0 Å². The van der Waals surface area contributed by atoms with Gasteiger partial charge in [0.25, 0.3) is 0 Å². The average molecular weight is 495 g/mol. The van der Waals surface area contributed by atoms with Gasteiger partial charge in [0.1, 0.15) is 17.5 Å². The van der Waals surface area contributed by atoms with Crippen molar-refractivity contribution in [3.05, 3.63) is 77.5 Å². The van der Waals surface area contributed by atoms with Gasteiger partial charge in [-0.15, -0.1) is 0 Å². The predicted octanol–water partition coefficient (Wildman–Crippen LogP) is 6.55. The van der Waals surface area contributed by atoms with Gasteiger partial charge in [-0.25, -0.2) is 15.0 Å². The van der Waals surface area contributed by atoms with Gasteiger partial charge in [-0.3, -0.25) is 4.98 Å². The second-order valence-corrected chi connectivity index (χ2v) is 8.95. The molecule has 0 spiro atoms. The van der Waals surface area contributed by atoms with Gasteiger partial charge < -0.3 is 10.2 Å². The summed E-state index contributed by atoms with van der Waals surface area (Å²) in [5.41, 5.74) is 2.70. The van der Waals surface area contributed by atoms with Gasteiger partial charge in [0, 0.05) is 43.1 Å². The van der Waals surface area contributed by atoms with E-state index in [0.29, 0.717) is 31.0 Å².